The molecule has 0 aromatic rings. The average molecular weight is 1790 g/mol. The van der Waals surface area contributed by atoms with Crippen LogP contribution in [0.5, 0.6) is 0 Å². The highest BCUT2D eigenvalue weighted by Gasteiger charge is 2.72. The largest absolute Gasteiger partial charge is 0.479 e. The van der Waals surface area contributed by atoms with Crippen LogP contribution in [0, 0.1) is 50.2 Å². The summed E-state index contributed by atoms with van der Waals surface area (Å²) in [5.74, 6) is -3.74. The molecule has 5 aliphatic carbocycles. The van der Waals surface area contributed by atoms with Gasteiger partial charge in [-0.2, -0.15) is 0 Å². The summed E-state index contributed by atoms with van der Waals surface area (Å²) >= 11 is 0. The van der Waals surface area contributed by atoms with Crippen molar-refractivity contribution in [2.75, 3.05) is 39.6 Å². The van der Waals surface area contributed by atoms with E-state index in [4.69, 9.17) is 85.3 Å². The molecule has 14 rings (SSSR count). The van der Waals surface area contributed by atoms with Gasteiger partial charge in [-0.1, -0.05) is 53.2 Å². The average Bonchev–Trinajstić information content (AvgIpc) is 0.672. The first kappa shape index (κ1) is 96.8. The van der Waals surface area contributed by atoms with Crippen molar-refractivity contribution in [1.29, 1.82) is 0 Å². The monoisotopic (exact) mass is 1790 g/mol. The van der Waals surface area contributed by atoms with Crippen molar-refractivity contribution in [3.05, 3.63) is 11.6 Å². The van der Waals surface area contributed by atoms with Gasteiger partial charge in [-0.25, -0.2) is 4.79 Å². The Balaban J connectivity index is 0.710. The number of carboxylic acids is 1. The van der Waals surface area contributed by atoms with Gasteiger partial charge in [-0.3, -0.25) is 4.79 Å². The highest BCUT2D eigenvalue weighted by Crippen LogP contribution is 2.76. The van der Waals surface area contributed by atoms with E-state index >= 15 is 4.79 Å². The third-order valence-corrected chi connectivity index (χ3v) is 30.3. The van der Waals surface area contributed by atoms with Crippen LogP contribution in [0.25, 0.3) is 0 Å². The van der Waals surface area contributed by atoms with Crippen LogP contribution in [0.1, 0.15) is 120 Å². The molecule has 0 bridgehead atoms. The number of fused-ring (bicyclic) bond motifs is 7. The highest BCUT2D eigenvalue weighted by atomic mass is 16.8. The molecule has 14 aliphatic rings. The summed E-state index contributed by atoms with van der Waals surface area (Å²) in [4.78, 5) is 44.2. The number of aliphatic hydroxyl groups is 22. The fourth-order valence-corrected chi connectivity index (χ4v) is 22.6. The maximum absolute atomic E-state index is 16.2. The number of hydrogen-bond acceptors (Lipinski definition) is 43. The second-order valence-electron chi connectivity index (χ2n) is 38.2. The molecule has 124 heavy (non-hydrogen) atoms. The number of carbonyl (C=O) groups excluding carboxylic acids is 2. The summed E-state index contributed by atoms with van der Waals surface area (Å²) in [7, 11) is 0. The van der Waals surface area contributed by atoms with E-state index in [0.29, 0.717) is 51.4 Å². The number of rotatable bonds is 22. The number of allylic oxidation sites excluding steroid dienone is 2. The van der Waals surface area contributed by atoms with E-state index in [0.717, 1.165) is 11.9 Å². The number of aliphatic hydroxyl groups excluding tert-OH is 22. The number of carboxylic acid groups (broad SMARTS) is 1. The van der Waals surface area contributed by atoms with Crippen molar-refractivity contribution in [3.63, 3.8) is 0 Å². The molecule has 9 saturated heterocycles. The molecule has 44 heteroatoms. The Labute approximate surface area is 712 Å². The minimum absolute atomic E-state index is 0.0935. The molecule has 0 radical (unpaired) electrons. The van der Waals surface area contributed by atoms with Crippen LogP contribution in [0.3, 0.4) is 0 Å². The van der Waals surface area contributed by atoms with Crippen LogP contribution in [-0.2, 0) is 99.6 Å². The highest BCUT2D eigenvalue weighted by molar-refractivity contribution is 5.79. The smallest absolute Gasteiger partial charge is 0.335 e. The molecule has 0 aromatic carbocycles. The molecule has 50 atom stereocenters. The quantitative estimate of drug-likeness (QED) is 0.0207. The third kappa shape index (κ3) is 17.3. The van der Waals surface area contributed by atoms with Crippen molar-refractivity contribution in [2.45, 2.75) is 378 Å². The molecule has 9 heterocycles. The molecule has 9 aliphatic heterocycles. The molecular weight excluding hydrogens is 1660 g/mol. The van der Waals surface area contributed by atoms with Crippen LogP contribution in [-0.4, -0.2) is 433 Å². The lowest BCUT2D eigenvalue weighted by Crippen LogP contribution is -2.69. The first-order chi connectivity index (χ1) is 58.3. The number of hydrogen-bond donors (Lipinski definition) is 23. The second kappa shape index (κ2) is 37.3. The molecule has 44 nitrogen and oxygen atoms in total. The van der Waals surface area contributed by atoms with Gasteiger partial charge in [0.05, 0.1) is 68.8 Å². The Bertz CT molecular complexity index is 3660. The fraction of sp³-hybridized carbons (Fsp3) is 0.938. The Hall–Kier alpha value is -3.21. The van der Waals surface area contributed by atoms with Crippen LogP contribution >= 0.6 is 0 Å². The number of ether oxygens (including phenoxy) is 18. The normalized spacial score (nSPS) is 54.8. The lowest BCUT2D eigenvalue weighted by molar-refractivity contribution is -0.392. The van der Waals surface area contributed by atoms with Crippen molar-refractivity contribution >= 4 is 18.2 Å². The molecule has 4 saturated carbocycles. The molecule has 23 N–H and O–H groups in total. The summed E-state index contributed by atoms with van der Waals surface area (Å²) in [6.07, 6.45) is -70.5. The van der Waals surface area contributed by atoms with E-state index in [1.54, 1.807) is 6.92 Å². The first-order valence-electron chi connectivity index (χ1n) is 42.8. The van der Waals surface area contributed by atoms with Crippen LogP contribution in [0.2, 0.25) is 0 Å². The van der Waals surface area contributed by atoms with E-state index in [2.05, 4.69) is 40.7 Å². The van der Waals surface area contributed by atoms with Crippen LogP contribution in [0.4, 0.5) is 0 Å². The molecule has 710 valence electrons. The number of esters is 1. The van der Waals surface area contributed by atoms with Crippen molar-refractivity contribution in [2.24, 2.45) is 50.2 Å². The minimum atomic E-state index is -2.31. The summed E-state index contributed by atoms with van der Waals surface area (Å²) in [6, 6.07) is 0. The predicted octanol–water partition coefficient (Wildman–Crippen LogP) is -9.03. The van der Waals surface area contributed by atoms with E-state index in [9.17, 15) is 127 Å². The predicted molar refractivity (Wildman–Crippen MR) is 400 cm³/mol. The van der Waals surface area contributed by atoms with E-state index in [-0.39, 0.29) is 24.2 Å². The van der Waals surface area contributed by atoms with Gasteiger partial charge in [0, 0.05) is 0 Å². The van der Waals surface area contributed by atoms with Crippen LogP contribution in [0.15, 0.2) is 11.6 Å². The van der Waals surface area contributed by atoms with E-state index in [1.165, 1.54) is 13.8 Å². The maximum atomic E-state index is 16.2. The lowest BCUT2D eigenvalue weighted by atomic mass is 9.33. The summed E-state index contributed by atoms with van der Waals surface area (Å²) in [5.41, 5.74) is -4.02. The van der Waals surface area contributed by atoms with Gasteiger partial charge in [0.15, 0.2) is 62.5 Å². The van der Waals surface area contributed by atoms with Gasteiger partial charge in [0.1, 0.15) is 177 Å². The van der Waals surface area contributed by atoms with Gasteiger partial charge in [0.25, 0.3) is 0 Å². The zero-order valence-electron chi connectivity index (χ0n) is 69.8. The zero-order valence-corrected chi connectivity index (χ0v) is 69.8. The molecule has 0 unspecified atom stereocenters. The van der Waals surface area contributed by atoms with Gasteiger partial charge >= 0.3 is 11.9 Å². The van der Waals surface area contributed by atoms with Gasteiger partial charge in [-0.05, 0) is 117 Å². The van der Waals surface area contributed by atoms with Crippen LogP contribution < -0.4 is 0 Å². The van der Waals surface area contributed by atoms with Gasteiger partial charge < -0.3 is 208 Å². The fourth-order valence-electron chi connectivity index (χ4n) is 22.6. The minimum Gasteiger partial charge on any atom is -0.479 e. The van der Waals surface area contributed by atoms with E-state index < -0.39 is 349 Å². The van der Waals surface area contributed by atoms with Crippen molar-refractivity contribution < 1.29 is 217 Å². The lowest BCUT2D eigenvalue weighted by Gasteiger charge is -2.71. The first-order valence-corrected chi connectivity index (χ1v) is 42.8. The molecule has 13 fully saturated rings. The summed E-state index contributed by atoms with van der Waals surface area (Å²) < 4.78 is 108. The Morgan fingerprint density at radius 2 is 0.879 bits per heavy atom. The molecular formula is C80H126O44. The van der Waals surface area contributed by atoms with E-state index in [1.807, 2.05) is 0 Å². The molecule has 0 amide bonds. The maximum Gasteiger partial charge on any atom is 0.335 e. The van der Waals surface area contributed by atoms with Gasteiger partial charge in [0.2, 0.25) is 6.29 Å². The molecule has 0 spiro atoms. The topological polar surface area (TPSA) is 683 Å². The van der Waals surface area contributed by atoms with Crippen molar-refractivity contribution in [3.8, 4) is 0 Å². The van der Waals surface area contributed by atoms with Gasteiger partial charge in [-0.15, -0.1) is 0 Å². The SMILES string of the molecule is C[C@@H]1O[C@@H](OC(=O)[C@]23CCC(C)(C)C[C@H]2C2=CC[C@@H]4[C@@]5(C)CC[C@H](O[C@@H]6O[C@H](C(=O)O)[C@@H](O[C@@H]7O[C@H](CO)[C@@H](O[C@@H]8O[C@H](CO)[C@H](O)[C@H](O)[C@H]8O)[C@H](O)[C@H]7O)[C@H](O[C@@H]7OC[C@H](O)[C@H](O)[C@H]7O)[C@H]6O)[C@@](C)(C=O)[C@@H]5CC[C@@]4(C)[C@]2(C)CC3)[C@H](O[C@@H]2OC[C@@H](O)[C@H](O[C@@H]3OC[C@@H](O)[C@H](O)[C@H]3O)[C@H]2O)[C@H](O)[C@H]1O[C@@H]1O[C@H](C)[C@H](O)[C@H](O[C@@H]2OC[C@@H](O)[C@H](O)[C@H]2O)[C@H]1O. The Morgan fingerprint density at radius 1 is 0.411 bits per heavy atom. The number of aldehydes is 1. The standard InChI is InChI=1S/C80H126O44/c1-27-40(88)59(119-66-48(96)42(90)32(85)23-108-66)54(102)71(111-27)116-56-28(2)112-73(61(52(56)100)121-68-53(101)57(34(87)25-110-68)117-65-47(95)41(89)31(84)22-107-65)124-74(106)80-17-15-75(3,4)19-30(80)29-9-10-38-76(5)13-12-39(77(6,26-83)37(76)11-14-79(38,8)78(29,7)16-18-80)115-72-55(103)60(120-67-49(97)43(91)33(86)24-109-67)62(63(123-72)64(104)105)122-70-51(99)46(94)58(36(21-82)114-70)118-69-50(98)45(93)44(92)35(20-81)113-69/h9,26-28,30-63,65-73,81-82,84-103H,10-25H2,1-8H3,(H,104,105)/t27-,28+,30+,31-,32-,33+,34-,35-,36-,37-,38-,39+,40+,41+,42+,43+,44+,45+,46-,47-,48-,49-,50-,51-,52-,53-,54-,55-,56+,57+,58-,59+,60-,61-,62+,63+,65+,66+,67+,68+,69+,70+,71+,72-,73+,76+,77+,78-,79-,80+/m1/s1. The Kier molecular flexibility index (Phi) is 29.2. The number of carbonyl (C=O) groups is 3. The molecule has 0 aromatic heterocycles. The summed E-state index contributed by atoms with van der Waals surface area (Å²) in [5, 5.41) is 254. The zero-order chi connectivity index (χ0) is 90.2. The third-order valence-electron chi connectivity index (χ3n) is 30.3. The Morgan fingerprint density at radius 3 is 1.46 bits per heavy atom. The number of aliphatic carboxylic acids is 1. The van der Waals surface area contributed by atoms with Crippen molar-refractivity contribution in [1.82, 2.24) is 0 Å². The second-order valence-corrected chi connectivity index (χ2v) is 38.2. The summed E-state index contributed by atoms with van der Waals surface area (Å²) in [6.45, 7) is 11.1.